The third-order valence-electron chi connectivity index (χ3n) is 1.48. The van der Waals surface area contributed by atoms with Gasteiger partial charge in [-0.05, 0) is 6.42 Å². The summed E-state index contributed by atoms with van der Waals surface area (Å²) in [5.41, 5.74) is 0. The van der Waals surface area contributed by atoms with Crippen LogP contribution in [0.5, 0.6) is 0 Å². The fourth-order valence-electron chi connectivity index (χ4n) is 0.846. The first-order valence-electron chi connectivity index (χ1n) is 4.16. The van der Waals surface area contributed by atoms with E-state index >= 15 is 0 Å². The molecule has 5 heteroatoms. The van der Waals surface area contributed by atoms with Crippen molar-refractivity contribution in [2.75, 3.05) is 11.9 Å². The van der Waals surface area contributed by atoms with Crippen molar-refractivity contribution in [1.29, 1.82) is 0 Å². The van der Waals surface area contributed by atoms with E-state index in [1.54, 1.807) is 0 Å². The molecule has 0 aliphatic heterocycles. The summed E-state index contributed by atoms with van der Waals surface area (Å²) in [5.74, 6) is 0.492. The van der Waals surface area contributed by atoms with Crippen molar-refractivity contribution >= 4 is 29.2 Å². The van der Waals surface area contributed by atoms with E-state index in [1.165, 1.54) is 6.07 Å². The van der Waals surface area contributed by atoms with Crippen molar-refractivity contribution in [2.45, 2.75) is 19.8 Å². The minimum Gasteiger partial charge on any atom is -0.354 e. The first kappa shape index (κ1) is 10.5. The minimum absolute atomic E-state index is 0.360. The van der Waals surface area contributed by atoms with Crippen LogP contribution in [0.25, 0.3) is 0 Å². The largest absolute Gasteiger partial charge is 0.354 e. The van der Waals surface area contributed by atoms with E-state index in [-0.39, 0.29) is 0 Å². The van der Waals surface area contributed by atoms with Gasteiger partial charge < -0.3 is 5.32 Å². The topological polar surface area (TPSA) is 37.8 Å². The van der Waals surface area contributed by atoms with Crippen LogP contribution >= 0.6 is 23.2 Å². The van der Waals surface area contributed by atoms with Gasteiger partial charge in [0, 0.05) is 12.6 Å². The van der Waals surface area contributed by atoms with E-state index in [0.717, 1.165) is 19.4 Å². The Kier molecular flexibility index (Phi) is 4.25. The molecular formula is C8H11Cl2N3. The van der Waals surface area contributed by atoms with Gasteiger partial charge in [-0.25, -0.2) is 9.97 Å². The van der Waals surface area contributed by atoms with Gasteiger partial charge in [0.1, 0.15) is 10.3 Å². The quantitative estimate of drug-likeness (QED) is 0.626. The second-order valence-corrected chi connectivity index (χ2v) is 3.39. The normalized spacial score (nSPS) is 10.1. The average molecular weight is 220 g/mol. The molecular weight excluding hydrogens is 209 g/mol. The van der Waals surface area contributed by atoms with E-state index in [1.807, 2.05) is 0 Å². The highest BCUT2D eigenvalue weighted by Gasteiger charge is 1.99. The van der Waals surface area contributed by atoms with Gasteiger partial charge in [0.15, 0.2) is 0 Å². The van der Waals surface area contributed by atoms with Crippen molar-refractivity contribution in [2.24, 2.45) is 0 Å². The Balaban J connectivity index is 2.56. The van der Waals surface area contributed by atoms with Crippen LogP contribution in [0.3, 0.4) is 0 Å². The number of hydrogen-bond donors (Lipinski definition) is 1. The molecule has 1 N–H and O–H groups in total. The van der Waals surface area contributed by atoms with Gasteiger partial charge in [0.25, 0.3) is 0 Å². The fraction of sp³-hybridized carbons (Fsp3) is 0.500. The Morgan fingerprint density at radius 2 is 1.92 bits per heavy atom. The predicted molar refractivity (Wildman–Crippen MR) is 55.4 cm³/mol. The van der Waals surface area contributed by atoms with Crippen LogP contribution in [0.4, 0.5) is 5.95 Å². The minimum atomic E-state index is 0.360. The van der Waals surface area contributed by atoms with Crippen LogP contribution in [0, 0.1) is 0 Å². The highest BCUT2D eigenvalue weighted by molar-refractivity contribution is 6.33. The van der Waals surface area contributed by atoms with Gasteiger partial charge in [0.05, 0.1) is 0 Å². The average Bonchev–Trinajstić information content (AvgIpc) is 2.03. The highest BCUT2D eigenvalue weighted by atomic mass is 35.5. The first-order chi connectivity index (χ1) is 6.22. The zero-order valence-corrected chi connectivity index (χ0v) is 8.86. The van der Waals surface area contributed by atoms with Gasteiger partial charge in [-0.3, -0.25) is 0 Å². The molecule has 0 saturated carbocycles. The summed E-state index contributed by atoms with van der Waals surface area (Å²) in [6.07, 6.45) is 2.20. The second-order valence-electron chi connectivity index (χ2n) is 2.62. The molecule has 3 nitrogen and oxygen atoms in total. The molecule has 0 aromatic carbocycles. The van der Waals surface area contributed by atoms with Crippen LogP contribution in [0.15, 0.2) is 6.07 Å². The summed E-state index contributed by atoms with van der Waals surface area (Å²) in [6.45, 7) is 2.96. The molecule has 0 aliphatic rings. The SMILES string of the molecule is CCCCNc1nc(Cl)cc(Cl)n1. The predicted octanol–water partition coefficient (Wildman–Crippen LogP) is 3.00. The molecule has 0 saturated heterocycles. The maximum Gasteiger partial charge on any atom is 0.225 e. The molecule has 1 aromatic rings. The van der Waals surface area contributed by atoms with E-state index in [2.05, 4.69) is 22.2 Å². The van der Waals surface area contributed by atoms with Gasteiger partial charge in [-0.1, -0.05) is 36.5 Å². The molecule has 0 bridgehead atoms. The van der Waals surface area contributed by atoms with E-state index in [9.17, 15) is 0 Å². The zero-order chi connectivity index (χ0) is 9.68. The number of rotatable bonds is 4. The summed E-state index contributed by atoms with van der Waals surface area (Å²) in [5, 5.41) is 3.76. The van der Waals surface area contributed by atoms with Gasteiger partial charge in [0.2, 0.25) is 5.95 Å². The molecule has 0 amide bonds. The molecule has 0 spiro atoms. The second kappa shape index (κ2) is 5.25. The summed E-state index contributed by atoms with van der Waals surface area (Å²) in [7, 11) is 0. The maximum atomic E-state index is 5.69. The van der Waals surface area contributed by atoms with Crippen LogP contribution in [-0.4, -0.2) is 16.5 Å². The number of aromatic nitrogens is 2. The number of anilines is 1. The smallest absolute Gasteiger partial charge is 0.225 e. The molecule has 0 radical (unpaired) electrons. The molecule has 1 heterocycles. The highest BCUT2D eigenvalue weighted by Crippen LogP contribution is 2.13. The molecule has 0 aliphatic carbocycles. The summed E-state index contributed by atoms with van der Waals surface area (Å²) >= 11 is 11.4. The van der Waals surface area contributed by atoms with Crippen molar-refractivity contribution in [3.63, 3.8) is 0 Å². The van der Waals surface area contributed by atoms with Crippen molar-refractivity contribution in [3.05, 3.63) is 16.4 Å². The molecule has 0 atom stereocenters. The Hall–Kier alpha value is -0.540. The third kappa shape index (κ3) is 3.79. The van der Waals surface area contributed by atoms with Crippen molar-refractivity contribution in [3.8, 4) is 0 Å². The van der Waals surface area contributed by atoms with Crippen LogP contribution < -0.4 is 5.32 Å². The summed E-state index contributed by atoms with van der Waals surface area (Å²) in [6, 6.07) is 1.51. The lowest BCUT2D eigenvalue weighted by Gasteiger charge is -2.03. The number of hydrogen-bond acceptors (Lipinski definition) is 3. The summed E-state index contributed by atoms with van der Waals surface area (Å²) < 4.78 is 0. The lowest BCUT2D eigenvalue weighted by atomic mass is 10.3. The Morgan fingerprint density at radius 3 is 2.46 bits per heavy atom. The third-order valence-corrected chi connectivity index (χ3v) is 1.86. The number of halogens is 2. The van der Waals surface area contributed by atoms with Crippen LogP contribution in [-0.2, 0) is 0 Å². The van der Waals surface area contributed by atoms with E-state index < -0.39 is 0 Å². The lowest BCUT2D eigenvalue weighted by molar-refractivity contribution is 0.826. The Bertz CT molecular complexity index is 258. The number of nitrogens with one attached hydrogen (secondary N) is 1. The van der Waals surface area contributed by atoms with Crippen molar-refractivity contribution in [1.82, 2.24) is 9.97 Å². The van der Waals surface area contributed by atoms with Crippen LogP contribution in [0.2, 0.25) is 10.3 Å². The van der Waals surface area contributed by atoms with Gasteiger partial charge in [-0.2, -0.15) is 0 Å². The standard InChI is InChI=1S/C8H11Cl2N3/c1-2-3-4-11-8-12-6(9)5-7(10)13-8/h5H,2-4H2,1H3,(H,11,12,13). The Morgan fingerprint density at radius 1 is 1.31 bits per heavy atom. The molecule has 1 aromatic heterocycles. The first-order valence-corrected chi connectivity index (χ1v) is 4.92. The fourth-order valence-corrected chi connectivity index (χ4v) is 1.27. The zero-order valence-electron chi connectivity index (χ0n) is 7.35. The monoisotopic (exact) mass is 219 g/mol. The molecule has 0 unspecified atom stereocenters. The van der Waals surface area contributed by atoms with Crippen molar-refractivity contribution < 1.29 is 0 Å². The molecule has 72 valence electrons. The number of unbranched alkanes of at least 4 members (excludes halogenated alkanes) is 1. The molecule has 0 fully saturated rings. The van der Waals surface area contributed by atoms with E-state index in [4.69, 9.17) is 23.2 Å². The molecule has 1 rings (SSSR count). The summed E-state index contributed by atoms with van der Waals surface area (Å²) in [4.78, 5) is 7.93. The molecule has 13 heavy (non-hydrogen) atoms. The Labute approximate surface area is 87.5 Å². The van der Waals surface area contributed by atoms with Gasteiger partial charge in [-0.15, -0.1) is 0 Å². The van der Waals surface area contributed by atoms with Crippen LogP contribution in [0.1, 0.15) is 19.8 Å². The number of nitrogens with zero attached hydrogens (tertiary/aromatic N) is 2. The van der Waals surface area contributed by atoms with E-state index in [0.29, 0.717) is 16.3 Å². The lowest BCUT2D eigenvalue weighted by Crippen LogP contribution is -2.04. The maximum absolute atomic E-state index is 5.69. The van der Waals surface area contributed by atoms with Gasteiger partial charge >= 0.3 is 0 Å².